The monoisotopic (exact) mass is 212 g/mol. The minimum atomic E-state index is -0.598. The van der Waals surface area contributed by atoms with Crippen molar-refractivity contribution in [2.45, 2.75) is 32.9 Å². The third kappa shape index (κ3) is 3.02. The van der Waals surface area contributed by atoms with Gasteiger partial charge in [0.1, 0.15) is 17.7 Å². The van der Waals surface area contributed by atoms with Crippen molar-refractivity contribution in [1.29, 1.82) is 0 Å². The Labute approximate surface area is 88.4 Å². The van der Waals surface area contributed by atoms with E-state index in [2.05, 4.69) is 14.8 Å². The second kappa shape index (κ2) is 4.88. The lowest BCUT2D eigenvalue weighted by Crippen LogP contribution is -2.32. The molecule has 0 aliphatic carbocycles. The number of hydrogen-bond donors (Lipinski definition) is 1. The van der Waals surface area contributed by atoms with Gasteiger partial charge in [0.25, 0.3) is 0 Å². The van der Waals surface area contributed by atoms with E-state index in [9.17, 15) is 4.79 Å². The first kappa shape index (κ1) is 11.6. The van der Waals surface area contributed by atoms with Crippen LogP contribution in [0, 0.1) is 13.8 Å². The number of aromatic nitrogens is 3. The van der Waals surface area contributed by atoms with Crippen molar-refractivity contribution in [3.63, 3.8) is 0 Å². The normalized spacial score (nSPS) is 12.5. The first-order valence-electron chi connectivity index (χ1n) is 4.76. The van der Waals surface area contributed by atoms with Gasteiger partial charge in [0.15, 0.2) is 0 Å². The summed E-state index contributed by atoms with van der Waals surface area (Å²) in [5, 5.41) is 4.17. The van der Waals surface area contributed by atoms with Gasteiger partial charge >= 0.3 is 5.97 Å². The molecule has 6 heteroatoms. The molecule has 0 aliphatic rings. The van der Waals surface area contributed by atoms with Gasteiger partial charge in [0.05, 0.1) is 7.11 Å². The van der Waals surface area contributed by atoms with Gasteiger partial charge in [-0.15, -0.1) is 0 Å². The zero-order valence-electron chi connectivity index (χ0n) is 9.23. The molecule has 0 saturated carbocycles. The molecular formula is C9H16N4O2. The molecule has 0 aromatic carbocycles. The van der Waals surface area contributed by atoms with Gasteiger partial charge in [-0.25, -0.2) is 4.98 Å². The van der Waals surface area contributed by atoms with Crippen LogP contribution in [0.25, 0.3) is 0 Å². The van der Waals surface area contributed by atoms with E-state index < -0.39 is 12.0 Å². The van der Waals surface area contributed by atoms with E-state index in [1.54, 1.807) is 4.68 Å². The summed E-state index contributed by atoms with van der Waals surface area (Å²) in [6, 6.07) is -0.598. The summed E-state index contributed by atoms with van der Waals surface area (Å²) >= 11 is 0. The van der Waals surface area contributed by atoms with Gasteiger partial charge in [-0.3, -0.25) is 9.48 Å². The molecule has 0 amide bonds. The van der Waals surface area contributed by atoms with Gasteiger partial charge in [0, 0.05) is 6.54 Å². The van der Waals surface area contributed by atoms with Gasteiger partial charge in [-0.2, -0.15) is 5.10 Å². The molecule has 84 valence electrons. The van der Waals surface area contributed by atoms with Crippen LogP contribution in [0.1, 0.15) is 18.1 Å². The Morgan fingerprint density at radius 1 is 1.60 bits per heavy atom. The molecule has 1 rings (SSSR count). The van der Waals surface area contributed by atoms with Crippen molar-refractivity contribution in [3.05, 3.63) is 11.6 Å². The van der Waals surface area contributed by atoms with Crippen LogP contribution >= 0.6 is 0 Å². The average molecular weight is 212 g/mol. The second-order valence-corrected chi connectivity index (χ2v) is 3.35. The standard InChI is InChI=1S/C9H16N4O2/c1-6-11-7(2)13(12-6)5-4-8(10)9(14)15-3/h8H,4-5,10H2,1-3H3. The van der Waals surface area contributed by atoms with Crippen LogP contribution < -0.4 is 5.73 Å². The highest BCUT2D eigenvalue weighted by molar-refractivity contribution is 5.75. The summed E-state index contributed by atoms with van der Waals surface area (Å²) < 4.78 is 6.26. The molecule has 0 radical (unpaired) electrons. The fraction of sp³-hybridized carbons (Fsp3) is 0.667. The van der Waals surface area contributed by atoms with Crippen molar-refractivity contribution in [3.8, 4) is 0 Å². The fourth-order valence-electron chi connectivity index (χ4n) is 1.30. The maximum absolute atomic E-state index is 11.0. The molecule has 6 nitrogen and oxygen atoms in total. The van der Waals surface area contributed by atoms with Crippen LogP contribution in [0.4, 0.5) is 0 Å². The third-order valence-electron chi connectivity index (χ3n) is 2.12. The SMILES string of the molecule is COC(=O)C(N)CCn1nc(C)nc1C. The molecule has 0 saturated heterocycles. The van der Waals surface area contributed by atoms with Crippen LogP contribution in [0.3, 0.4) is 0 Å². The molecule has 1 unspecified atom stereocenters. The molecule has 1 aromatic rings. The minimum absolute atomic E-state index is 0.399. The number of rotatable bonds is 4. The second-order valence-electron chi connectivity index (χ2n) is 3.35. The fourth-order valence-corrected chi connectivity index (χ4v) is 1.30. The number of nitrogens with two attached hydrogens (primary N) is 1. The van der Waals surface area contributed by atoms with E-state index in [1.807, 2.05) is 13.8 Å². The Morgan fingerprint density at radius 3 is 2.73 bits per heavy atom. The maximum Gasteiger partial charge on any atom is 0.322 e. The highest BCUT2D eigenvalue weighted by Gasteiger charge is 2.14. The highest BCUT2D eigenvalue weighted by Crippen LogP contribution is 2.00. The van der Waals surface area contributed by atoms with E-state index in [0.29, 0.717) is 13.0 Å². The zero-order chi connectivity index (χ0) is 11.4. The Bertz CT molecular complexity index is 348. The molecule has 0 spiro atoms. The van der Waals surface area contributed by atoms with Crippen LogP contribution in [0.5, 0.6) is 0 Å². The summed E-state index contributed by atoms with van der Waals surface area (Å²) in [5.74, 6) is 1.15. The quantitative estimate of drug-likeness (QED) is 0.698. The van der Waals surface area contributed by atoms with E-state index in [4.69, 9.17) is 5.73 Å². The number of nitrogens with zero attached hydrogens (tertiary/aromatic N) is 3. The van der Waals surface area contributed by atoms with E-state index >= 15 is 0 Å². The highest BCUT2D eigenvalue weighted by atomic mass is 16.5. The lowest BCUT2D eigenvalue weighted by molar-refractivity contribution is -0.142. The predicted molar refractivity (Wildman–Crippen MR) is 54.1 cm³/mol. The maximum atomic E-state index is 11.0. The van der Waals surface area contributed by atoms with Crippen molar-refractivity contribution < 1.29 is 9.53 Å². The first-order valence-corrected chi connectivity index (χ1v) is 4.76. The van der Waals surface area contributed by atoms with Crippen LogP contribution in [0.2, 0.25) is 0 Å². The molecule has 1 aromatic heterocycles. The first-order chi connectivity index (χ1) is 7.04. The Kier molecular flexibility index (Phi) is 3.79. The van der Waals surface area contributed by atoms with E-state index in [-0.39, 0.29) is 0 Å². The van der Waals surface area contributed by atoms with E-state index in [1.165, 1.54) is 7.11 Å². The molecule has 0 fully saturated rings. The van der Waals surface area contributed by atoms with Crippen molar-refractivity contribution in [2.75, 3.05) is 7.11 Å². The summed E-state index contributed by atoms with van der Waals surface area (Å²) in [7, 11) is 1.33. The molecule has 1 atom stereocenters. The summed E-state index contributed by atoms with van der Waals surface area (Å²) in [5.41, 5.74) is 5.60. The van der Waals surface area contributed by atoms with Gasteiger partial charge < -0.3 is 10.5 Å². The molecule has 2 N–H and O–H groups in total. The summed E-state index contributed by atoms with van der Waals surface area (Å²) in [6.45, 7) is 4.26. The van der Waals surface area contributed by atoms with Crippen molar-refractivity contribution in [2.24, 2.45) is 5.73 Å². The minimum Gasteiger partial charge on any atom is -0.468 e. The van der Waals surface area contributed by atoms with Crippen molar-refractivity contribution in [1.82, 2.24) is 14.8 Å². The number of hydrogen-bond acceptors (Lipinski definition) is 5. The Morgan fingerprint density at radius 2 is 2.27 bits per heavy atom. The lowest BCUT2D eigenvalue weighted by atomic mass is 10.2. The van der Waals surface area contributed by atoms with Gasteiger partial charge in [-0.1, -0.05) is 0 Å². The van der Waals surface area contributed by atoms with Crippen molar-refractivity contribution >= 4 is 5.97 Å². The van der Waals surface area contributed by atoms with Crippen LogP contribution in [0.15, 0.2) is 0 Å². The summed E-state index contributed by atoms with van der Waals surface area (Å²) in [4.78, 5) is 15.2. The molecule has 1 heterocycles. The van der Waals surface area contributed by atoms with Crippen LogP contribution in [-0.2, 0) is 16.1 Å². The largest absolute Gasteiger partial charge is 0.468 e. The lowest BCUT2D eigenvalue weighted by Gasteiger charge is -2.09. The number of carbonyl (C=O) groups excluding carboxylic acids is 1. The molecular weight excluding hydrogens is 196 g/mol. The van der Waals surface area contributed by atoms with E-state index in [0.717, 1.165) is 11.6 Å². The van der Waals surface area contributed by atoms with Gasteiger partial charge in [-0.05, 0) is 20.3 Å². The number of carbonyl (C=O) groups is 1. The number of esters is 1. The predicted octanol–water partition coefficient (Wildman–Crippen LogP) is -0.215. The zero-order valence-corrected chi connectivity index (χ0v) is 9.23. The molecule has 0 aliphatic heterocycles. The van der Waals surface area contributed by atoms with Gasteiger partial charge in [0.2, 0.25) is 0 Å². The van der Waals surface area contributed by atoms with Crippen LogP contribution in [-0.4, -0.2) is 33.9 Å². The Hall–Kier alpha value is -1.43. The third-order valence-corrected chi connectivity index (χ3v) is 2.12. The Balaban J connectivity index is 2.50. The molecule has 15 heavy (non-hydrogen) atoms. The number of aryl methyl sites for hydroxylation is 3. The smallest absolute Gasteiger partial charge is 0.322 e. The topological polar surface area (TPSA) is 83.0 Å². The summed E-state index contributed by atoms with van der Waals surface area (Å²) in [6.07, 6.45) is 0.496. The average Bonchev–Trinajstić information content (AvgIpc) is 2.52. The number of methoxy groups -OCH3 is 1. The molecule has 0 bridgehead atoms. The number of ether oxygens (including phenoxy) is 1.